The highest BCUT2D eigenvalue weighted by Crippen LogP contribution is 2.36. The van der Waals surface area contributed by atoms with E-state index in [1.807, 2.05) is 32.8 Å². The Balaban J connectivity index is 2.80. The molecule has 5 heteroatoms. The average molecular weight is 269 g/mol. The lowest BCUT2D eigenvalue weighted by Gasteiger charge is -2.46. The van der Waals surface area contributed by atoms with Crippen LogP contribution in [0.15, 0.2) is 0 Å². The van der Waals surface area contributed by atoms with Gasteiger partial charge >= 0.3 is 0 Å². The topological polar surface area (TPSA) is 52.7 Å². The highest BCUT2D eigenvalue weighted by atomic mass is 16.2. The third-order valence-corrected chi connectivity index (χ3v) is 4.12. The summed E-state index contributed by atoms with van der Waals surface area (Å²) in [6.07, 6.45) is 2.80. The van der Waals surface area contributed by atoms with Crippen LogP contribution in [0.2, 0.25) is 0 Å². The molecule has 110 valence electrons. The van der Waals surface area contributed by atoms with Gasteiger partial charge in [-0.05, 0) is 39.3 Å². The monoisotopic (exact) mass is 269 g/mol. The lowest BCUT2D eigenvalue weighted by Crippen LogP contribution is -2.63. The number of carbonyl (C=O) groups excluding carboxylic acids is 2. The first-order chi connectivity index (χ1) is 8.72. The van der Waals surface area contributed by atoms with Crippen molar-refractivity contribution in [2.75, 3.05) is 28.2 Å². The highest BCUT2D eigenvalue weighted by molar-refractivity contribution is 5.92. The minimum Gasteiger partial charge on any atom is -0.347 e. The molecule has 0 aromatic rings. The lowest BCUT2D eigenvalue weighted by atomic mass is 9.74. The molecular weight excluding hydrogens is 242 g/mol. The smallest absolute Gasteiger partial charge is 0.244 e. The fourth-order valence-corrected chi connectivity index (χ4v) is 2.46. The van der Waals surface area contributed by atoms with Crippen LogP contribution < -0.4 is 5.32 Å². The van der Waals surface area contributed by atoms with Crippen molar-refractivity contribution in [3.8, 4) is 0 Å². The largest absolute Gasteiger partial charge is 0.347 e. The summed E-state index contributed by atoms with van der Waals surface area (Å²) in [4.78, 5) is 28.1. The number of carbonyl (C=O) groups is 2. The summed E-state index contributed by atoms with van der Waals surface area (Å²) in [5.41, 5.74) is -0.417. The Morgan fingerprint density at radius 1 is 1.11 bits per heavy atom. The first-order valence-electron chi connectivity index (χ1n) is 6.92. The van der Waals surface area contributed by atoms with E-state index >= 15 is 0 Å². The minimum absolute atomic E-state index is 0.0161. The molecule has 0 bridgehead atoms. The van der Waals surface area contributed by atoms with Gasteiger partial charge in [0.25, 0.3) is 0 Å². The zero-order valence-electron chi connectivity index (χ0n) is 13.0. The molecule has 19 heavy (non-hydrogen) atoms. The van der Waals surface area contributed by atoms with Crippen molar-refractivity contribution in [2.45, 2.75) is 44.7 Å². The average Bonchev–Trinajstić information content (AvgIpc) is 2.21. The SMILES string of the molecule is CC(C)[C@H](NC(=O)C1(N(C)C)CCC1)C(=O)N(C)C. The number of amides is 2. The summed E-state index contributed by atoms with van der Waals surface area (Å²) in [5.74, 6) is 0.0207. The molecule has 1 aliphatic rings. The molecule has 5 nitrogen and oxygen atoms in total. The molecule has 2 amide bonds. The molecule has 1 saturated carbocycles. The number of hydrogen-bond donors (Lipinski definition) is 1. The van der Waals surface area contributed by atoms with Gasteiger partial charge in [0.15, 0.2) is 0 Å². The summed E-state index contributed by atoms with van der Waals surface area (Å²) in [7, 11) is 7.29. The minimum atomic E-state index is -0.445. The molecule has 1 N–H and O–H groups in total. The van der Waals surface area contributed by atoms with E-state index < -0.39 is 11.6 Å². The summed E-state index contributed by atoms with van der Waals surface area (Å²) < 4.78 is 0. The molecule has 1 rings (SSSR count). The van der Waals surface area contributed by atoms with Gasteiger partial charge in [-0.3, -0.25) is 14.5 Å². The maximum absolute atomic E-state index is 12.5. The molecule has 1 atom stereocenters. The van der Waals surface area contributed by atoms with Crippen LogP contribution in [0.4, 0.5) is 0 Å². The van der Waals surface area contributed by atoms with Crippen molar-refractivity contribution in [1.29, 1.82) is 0 Å². The third kappa shape index (κ3) is 3.08. The van der Waals surface area contributed by atoms with Crippen LogP contribution in [0, 0.1) is 5.92 Å². The Bertz CT molecular complexity index is 347. The van der Waals surface area contributed by atoms with Crippen LogP contribution in [-0.2, 0) is 9.59 Å². The number of rotatable bonds is 5. The van der Waals surface area contributed by atoms with E-state index in [1.165, 1.54) is 4.90 Å². The Morgan fingerprint density at radius 2 is 1.63 bits per heavy atom. The molecular formula is C14H27N3O2. The van der Waals surface area contributed by atoms with Gasteiger partial charge in [-0.2, -0.15) is 0 Å². The van der Waals surface area contributed by atoms with Gasteiger partial charge in [-0.1, -0.05) is 13.8 Å². The van der Waals surface area contributed by atoms with E-state index in [-0.39, 0.29) is 17.7 Å². The maximum atomic E-state index is 12.5. The summed E-state index contributed by atoms with van der Waals surface area (Å²) >= 11 is 0. The normalized spacial score (nSPS) is 18.9. The van der Waals surface area contributed by atoms with Gasteiger partial charge in [0.05, 0.1) is 5.54 Å². The Kier molecular flexibility index (Phi) is 4.96. The summed E-state index contributed by atoms with van der Waals surface area (Å²) in [6, 6.07) is -0.445. The fraction of sp³-hybridized carbons (Fsp3) is 0.857. The van der Waals surface area contributed by atoms with Gasteiger partial charge in [0.2, 0.25) is 11.8 Å². The molecule has 0 saturated heterocycles. The van der Waals surface area contributed by atoms with Crippen molar-refractivity contribution in [3.05, 3.63) is 0 Å². The highest BCUT2D eigenvalue weighted by Gasteiger charge is 2.47. The van der Waals surface area contributed by atoms with Crippen LogP contribution in [-0.4, -0.2) is 61.4 Å². The van der Waals surface area contributed by atoms with Crippen molar-refractivity contribution < 1.29 is 9.59 Å². The number of likely N-dealkylation sites (N-methyl/N-ethyl adjacent to an activating group) is 2. The molecule has 0 aliphatic heterocycles. The maximum Gasteiger partial charge on any atom is 0.244 e. The van der Waals surface area contributed by atoms with Gasteiger partial charge in [0, 0.05) is 14.1 Å². The molecule has 0 aromatic heterocycles. The van der Waals surface area contributed by atoms with E-state index in [0.29, 0.717) is 0 Å². The van der Waals surface area contributed by atoms with E-state index in [4.69, 9.17) is 0 Å². The van der Waals surface area contributed by atoms with Crippen LogP contribution >= 0.6 is 0 Å². The summed E-state index contributed by atoms with van der Waals surface area (Å²) in [6.45, 7) is 3.91. The molecule has 0 heterocycles. The van der Waals surface area contributed by atoms with Gasteiger partial charge in [0.1, 0.15) is 6.04 Å². The Morgan fingerprint density at radius 3 is 1.89 bits per heavy atom. The second-order valence-corrected chi connectivity index (χ2v) is 6.21. The van der Waals surface area contributed by atoms with Crippen molar-refractivity contribution in [1.82, 2.24) is 15.1 Å². The van der Waals surface area contributed by atoms with Gasteiger partial charge in [-0.15, -0.1) is 0 Å². The van der Waals surface area contributed by atoms with Crippen LogP contribution in [0.3, 0.4) is 0 Å². The van der Waals surface area contributed by atoms with Crippen molar-refractivity contribution in [3.63, 3.8) is 0 Å². The fourth-order valence-electron chi connectivity index (χ4n) is 2.46. The predicted molar refractivity (Wildman–Crippen MR) is 75.7 cm³/mol. The molecule has 0 unspecified atom stereocenters. The number of hydrogen-bond acceptors (Lipinski definition) is 3. The van der Waals surface area contributed by atoms with E-state index in [9.17, 15) is 9.59 Å². The third-order valence-electron chi connectivity index (χ3n) is 4.12. The predicted octanol–water partition coefficient (Wildman–Crippen LogP) is 0.700. The first-order valence-corrected chi connectivity index (χ1v) is 6.92. The number of nitrogens with zero attached hydrogens (tertiary/aromatic N) is 2. The second-order valence-electron chi connectivity index (χ2n) is 6.21. The molecule has 0 radical (unpaired) electrons. The van der Waals surface area contributed by atoms with E-state index in [0.717, 1.165) is 19.3 Å². The molecule has 1 fully saturated rings. The standard InChI is InChI=1S/C14H27N3O2/c1-10(2)11(12(18)16(3)4)15-13(19)14(17(5)6)8-7-9-14/h10-11H,7-9H2,1-6H3,(H,15,19)/t11-/m0/s1. The molecule has 1 aliphatic carbocycles. The molecule has 0 spiro atoms. The zero-order chi connectivity index (χ0) is 14.8. The van der Waals surface area contributed by atoms with Crippen molar-refractivity contribution >= 4 is 11.8 Å². The van der Waals surface area contributed by atoms with Crippen LogP contribution in [0.25, 0.3) is 0 Å². The first kappa shape index (κ1) is 16.0. The zero-order valence-corrected chi connectivity index (χ0v) is 13.0. The Hall–Kier alpha value is -1.10. The van der Waals surface area contributed by atoms with E-state index in [1.54, 1.807) is 14.1 Å². The van der Waals surface area contributed by atoms with E-state index in [2.05, 4.69) is 5.32 Å². The van der Waals surface area contributed by atoms with Gasteiger partial charge < -0.3 is 10.2 Å². The van der Waals surface area contributed by atoms with Crippen LogP contribution in [0.5, 0.6) is 0 Å². The number of nitrogens with one attached hydrogen (secondary N) is 1. The lowest BCUT2D eigenvalue weighted by molar-refractivity contribution is -0.143. The van der Waals surface area contributed by atoms with Crippen molar-refractivity contribution in [2.24, 2.45) is 5.92 Å². The van der Waals surface area contributed by atoms with Crippen LogP contribution in [0.1, 0.15) is 33.1 Å². The molecule has 0 aromatic carbocycles. The quantitative estimate of drug-likeness (QED) is 0.799. The summed E-state index contributed by atoms with van der Waals surface area (Å²) in [5, 5.41) is 2.95. The second kappa shape index (κ2) is 5.90. The Labute approximate surface area is 116 Å². The van der Waals surface area contributed by atoms with Gasteiger partial charge in [-0.25, -0.2) is 0 Å².